The molecule has 1 aliphatic heterocycles. The molecule has 0 radical (unpaired) electrons. The molecule has 21 heavy (non-hydrogen) atoms. The second-order valence-electron chi connectivity index (χ2n) is 6.07. The molecule has 2 rings (SSSR count). The van der Waals surface area contributed by atoms with Crippen molar-refractivity contribution in [2.24, 2.45) is 0 Å². The fourth-order valence-corrected chi connectivity index (χ4v) is 2.70. The molecule has 2 atom stereocenters. The van der Waals surface area contributed by atoms with E-state index in [9.17, 15) is 9.59 Å². The third kappa shape index (κ3) is 3.09. The molecule has 0 saturated carbocycles. The molecule has 1 N–H and O–H groups in total. The summed E-state index contributed by atoms with van der Waals surface area (Å²) in [5, 5.41) is 2.87. The van der Waals surface area contributed by atoms with Gasteiger partial charge in [-0.2, -0.15) is 0 Å². The van der Waals surface area contributed by atoms with Crippen molar-refractivity contribution in [3.8, 4) is 0 Å². The third-order valence-electron chi connectivity index (χ3n) is 4.46. The van der Waals surface area contributed by atoms with E-state index in [4.69, 9.17) is 0 Å². The first-order chi connectivity index (χ1) is 9.87. The van der Waals surface area contributed by atoms with E-state index in [1.54, 1.807) is 0 Å². The standard InChI is InChI=1S/C17H24N2O2/c1-5-17(4)16(21)19(11-10-15(20)18-17)13(3)14-8-6-12(2)7-9-14/h6-9,13H,5,10-11H2,1-4H3,(H,18,20). The van der Waals surface area contributed by atoms with Crippen molar-refractivity contribution in [2.75, 3.05) is 6.54 Å². The summed E-state index contributed by atoms with van der Waals surface area (Å²) in [6.45, 7) is 8.28. The van der Waals surface area contributed by atoms with Gasteiger partial charge < -0.3 is 10.2 Å². The van der Waals surface area contributed by atoms with Crippen LogP contribution in [0.15, 0.2) is 24.3 Å². The van der Waals surface area contributed by atoms with Crippen LogP contribution in [-0.2, 0) is 9.59 Å². The fourth-order valence-electron chi connectivity index (χ4n) is 2.70. The van der Waals surface area contributed by atoms with Gasteiger partial charge in [0, 0.05) is 13.0 Å². The Kier molecular flexibility index (Phi) is 4.35. The van der Waals surface area contributed by atoms with Crippen LogP contribution in [0.1, 0.15) is 50.8 Å². The summed E-state index contributed by atoms with van der Waals surface area (Å²) in [4.78, 5) is 26.5. The van der Waals surface area contributed by atoms with Gasteiger partial charge in [-0.1, -0.05) is 36.8 Å². The topological polar surface area (TPSA) is 49.4 Å². The summed E-state index contributed by atoms with van der Waals surface area (Å²) < 4.78 is 0. The lowest BCUT2D eigenvalue weighted by molar-refractivity contribution is -0.140. The number of hydrogen-bond acceptors (Lipinski definition) is 2. The minimum atomic E-state index is -0.799. The van der Waals surface area contributed by atoms with Crippen molar-refractivity contribution in [1.82, 2.24) is 10.2 Å². The van der Waals surface area contributed by atoms with Crippen LogP contribution in [0.3, 0.4) is 0 Å². The Hall–Kier alpha value is -1.84. The van der Waals surface area contributed by atoms with Gasteiger partial charge in [0.15, 0.2) is 0 Å². The molecule has 114 valence electrons. The largest absolute Gasteiger partial charge is 0.342 e. The van der Waals surface area contributed by atoms with E-state index in [2.05, 4.69) is 29.6 Å². The molecular weight excluding hydrogens is 264 g/mol. The van der Waals surface area contributed by atoms with Gasteiger partial charge in [-0.3, -0.25) is 9.59 Å². The van der Waals surface area contributed by atoms with Crippen molar-refractivity contribution in [3.05, 3.63) is 35.4 Å². The van der Waals surface area contributed by atoms with E-state index in [1.807, 2.05) is 32.6 Å². The molecular formula is C17H24N2O2. The van der Waals surface area contributed by atoms with Crippen LogP contribution in [0.5, 0.6) is 0 Å². The van der Waals surface area contributed by atoms with Gasteiger partial charge in [0.25, 0.3) is 0 Å². The highest BCUT2D eigenvalue weighted by atomic mass is 16.2. The SMILES string of the molecule is CCC1(C)NC(=O)CCN(C(C)c2ccc(C)cc2)C1=O. The van der Waals surface area contributed by atoms with E-state index in [0.29, 0.717) is 19.4 Å². The van der Waals surface area contributed by atoms with Gasteiger partial charge in [-0.05, 0) is 32.8 Å². The van der Waals surface area contributed by atoms with Crippen molar-refractivity contribution in [3.63, 3.8) is 0 Å². The van der Waals surface area contributed by atoms with E-state index >= 15 is 0 Å². The number of hydrogen-bond donors (Lipinski definition) is 1. The zero-order chi connectivity index (χ0) is 15.6. The minimum Gasteiger partial charge on any atom is -0.342 e. The quantitative estimate of drug-likeness (QED) is 0.929. The first kappa shape index (κ1) is 15.5. The Morgan fingerprint density at radius 1 is 1.29 bits per heavy atom. The maximum absolute atomic E-state index is 12.8. The summed E-state index contributed by atoms with van der Waals surface area (Å²) in [5.41, 5.74) is 1.50. The molecule has 2 amide bonds. The Labute approximate surface area is 126 Å². The zero-order valence-corrected chi connectivity index (χ0v) is 13.3. The maximum Gasteiger partial charge on any atom is 0.248 e. The van der Waals surface area contributed by atoms with Crippen LogP contribution in [0, 0.1) is 6.92 Å². The number of carbonyl (C=O) groups is 2. The molecule has 1 heterocycles. The fraction of sp³-hybridized carbons (Fsp3) is 0.529. The third-order valence-corrected chi connectivity index (χ3v) is 4.46. The molecule has 1 aliphatic rings. The van der Waals surface area contributed by atoms with Crippen molar-refractivity contribution in [1.29, 1.82) is 0 Å². The average Bonchev–Trinajstić information content (AvgIpc) is 2.57. The lowest BCUT2D eigenvalue weighted by atomic mass is 9.95. The minimum absolute atomic E-state index is 0.00363. The van der Waals surface area contributed by atoms with Crippen LogP contribution >= 0.6 is 0 Å². The van der Waals surface area contributed by atoms with E-state index < -0.39 is 5.54 Å². The maximum atomic E-state index is 12.8. The smallest absolute Gasteiger partial charge is 0.248 e. The highest BCUT2D eigenvalue weighted by molar-refractivity contribution is 5.93. The van der Waals surface area contributed by atoms with E-state index in [1.165, 1.54) is 5.56 Å². The van der Waals surface area contributed by atoms with Gasteiger partial charge in [0.05, 0.1) is 6.04 Å². The molecule has 2 unspecified atom stereocenters. The Morgan fingerprint density at radius 3 is 2.48 bits per heavy atom. The Bertz CT molecular complexity index is 538. The number of nitrogens with one attached hydrogen (secondary N) is 1. The molecule has 1 aromatic rings. The number of rotatable bonds is 3. The summed E-state index contributed by atoms with van der Waals surface area (Å²) >= 11 is 0. The molecule has 0 spiro atoms. The number of nitrogens with zero attached hydrogens (tertiary/aromatic N) is 1. The molecule has 1 aromatic carbocycles. The van der Waals surface area contributed by atoms with E-state index in [-0.39, 0.29) is 17.9 Å². The normalized spacial score (nSPS) is 24.5. The van der Waals surface area contributed by atoms with Crippen LogP contribution < -0.4 is 5.32 Å². The van der Waals surface area contributed by atoms with Crippen LogP contribution in [0.4, 0.5) is 0 Å². The van der Waals surface area contributed by atoms with Gasteiger partial charge in [-0.15, -0.1) is 0 Å². The van der Waals surface area contributed by atoms with Crippen molar-refractivity contribution >= 4 is 11.8 Å². The number of benzene rings is 1. The van der Waals surface area contributed by atoms with Gasteiger partial charge in [0.2, 0.25) is 11.8 Å². The monoisotopic (exact) mass is 288 g/mol. The average molecular weight is 288 g/mol. The lowest BCUT2D eigenvalue weighted by Gasteiger charge is -2.35. The molecule has 0 aromatic heterocycles. The van der Waals surface area contributed by atoms with Crippen LogP contribution in [-0.4, -0.2) is 28.8 Å². The first-order valence-electron chi connectivity index (χ1n) is 7.56. The molecule has 1 fully saturated rings. The predicted molar refractivity (Wildman–Crippen MR) is 82.8 cm³/mol. The van der Waals surface area contributed by atoms with Gasteiger partial charge in [0.1, 0.15) is 5.54 Å². The van der Waals surface area contributed by atoms with Gasteiger partial charge >= 0.3 is 0 Å². The van der Waals surface area contributed by atoms with E-state index in [0.717, 1.165) is 5.56 Å². The molecule has 4 nitrogen and oxygen atoms in total. The Morgan fingerprint density at radius 2 is 1.90 bits per heavy atom. The highest BCUT2D eigenvalue weighted by Crippen LogP contribution is 2.27. The lowest BCUT2D eigenvalue weighted by Crippen LogP contribution is -2.55. The number of amides is 2. The molecule has 4 heteroatoms. The summed E-state index contributed by atoms with van der Waals surface area (Å²) in [6, 6.07) is 8.18. The number of aryl methyl sites for hydroxylation is 1. The summed E-state index contributed by atoms with van der Waals surface area (Å²) in [5.74, 6) is -0.0461. The molecule has 1 saturated heterocycles. The highest BCUT2D eigenvalue weighted by Gasteiger charge is 2.40. The Balaban J connectivity index is 2.30. The second kappa shape index (κ2) is 5.88. The molecule has 0 bridgehead atoms. The molecule has 0 aliphatic carbocycles. The number of carbonyl (C=O) groups excluding carboxylic acids is 2. The van der Waals surface area contributed by atoms with Crippen molar-refractivity contribution in [2.45, 2.75) is 52.1 Å². The first-order valence-corrected chi connectivity index (χ1v) is 7.56. The van der Waals surface area contributed by atoms with Crippen LogP contribution in [0.25, 0.3) is 0 Å². The summed E-state index contributed by atoms with van der Waals surface area (Å²) in [7, 11) is 0. The second-order valence-corrected chi connectivity index (χ2v) is 6.07. The van der Waals surface area contributed by atoms with Crippen molar-refractivity contribution < 1.29 is 9.59 Å². The zero-order valence-electron chi connectivity index (χ0n) is 13.3. The van der Waals surface area contributed by atoms with Gasteiger partial charge in [-0.25, -0.2) is 0 Å². The summed E-state index contributed by atoms with van der Waals surface area (Å²) in [6.07, 6.45) is 0.951. The van der Waals surface area contributed by atoms with Crippen LogP contribution in [0.2, 0.25) is 0 Å². The predicted octanol–water partition coefficient (Wildman–Crippen LogP) is 2.57.